The first-order chi connectivity index (χ1) is 11.7. The first-order valence-electron chi connectivity index (χ1n) is 8.59. The monoisotopic (exact) mass is 335 g/mol. The zero-order valence-corrected chi connectivity index (χ0v) is 14.7. The molecule has 2 N–H and O–H groups in total. The smallest absolute Gasteiger partial charge is 0.237 e. The fourth-order valence-corrected chi connectivity index (χ4v) is 2.64. The summed E-state index contributed by atoms with van der Waals surface area (Å²) in [4.78, 5) is 14.2. The van der Waals surface area contributed by atoms with Crippen molar-refractivity contribution >= 4 is 5.91 Å². The zero-order chi connectivity index (χ0) is 17.2. The van der Waals surface area contributed by atoms with Crippen molar-refractivity contribution in [2.24, 2.45) is 0 Å². The topological polar surface area (TPSA) is 62.8 Å². The van der Waals surface area contributed by atoms with Gasteiger partial charge in [-0.15, -0.1) is 0 Å². The molecule has 1 unspecified atom stereocenters. The molecule has 1 fully saturated rings. The Morgan fingerprint density at radius 2 is 2.21 bits per heavy atom. The number of hydrogen-bond donors (Lipinski definition) is 2. The van der Waals surface area contributed by atoms with Gasteiger partial charge in [-0.05, 0) is 44.1 Å². The van der Waals surface area contributed by atoms with E-state index in [0.717, 1.165) is 50.4 Å². The van der Waals surface area contributed by atoms with Crippen molar-refractivity contribution in [3.8, 4) is 5.75 Å². The van der Waals surface area contributed by atoms with Crippen LogP contribution >= 0.6 is 0 Å². The van der Waals surface area contributed by atoms with Gasteiger partial charge in [-0.25, -0.2) is 0 Å². The maximum absolute atomic E-state index is 12.0. The molecule has 6 heteroatoms. The first kappa shape index (κ1) is 18.7. The van der Waals surface area contributed by atoms with E-state index in [0.29, 0.717) is 13.2 Å². The number of hydrogen-bond acceptors (Lipinski definition) is 5. The van der Waals surface area contributed by atoms with E-state index in [1.807, 2.05) is 31.3 Å². The third kappa shape index (κ3) is 6.47. The lowest BCUT2D eigenvalue weighted by atomic mass is 10.2. The molecule has 1 aromatic carbocycles. The molecule has 24 heavy (non-hydrogen) atoms. The van der Waals surface area contributed by atoms with Crippen LogP contribution < -0.4 is 15.4 Å². The molecule has 1 amide bonds. The maximum Gasteiger partial charge on any atom is 0.237 e. The van der Waals surface area contributed by atoms with Gasteiger partial charge in [-0.3, -0.25) is 4.79 Å². The Kier molecular flexibility index (Phi) is 8.01. The predicted molar refractivity (Wildman–Crippen MR) is 94.2 cm³/mol. The highest BCUT2D eigenvalue weighted by molar-refractivity contribution is 5.81. The Hall–Kier alpha value is -1.63. The van der Waals surface area contributed by atoms with Crippen molar-refractivity contribution < 1.29 is 14.3 Å². The first-order valence-corrected chi connectivity index (χ1v) is 8.59. The average Bonchev–Trinajstić information content (AvgIpc) is 3.13. The van der Waals surface area contributed by atoms with Crippen LogP contribution in [0, 0.1) is 0 Å². The Labute approximate surface area is 144 Å². The molecule has 1 atom stereocenters. The van der Waals surface area contributed by atoms with E-state index in [2.05, 4.69) is 15.5 Å². The summed E-state index contributed by atoms with van der Waals surface area (Å²) in [5.74, 6) is 0.916. The van der Waals surface area contributed by atoms with E-state index in [9.17, 15) is 4.79 Å². The third-order valence-electron chi connectivity index (χ3n) is 4.16. The molecule has 0 radical (unpaired) electrons. The number of likely N-dealkylation sites (N-methyl/N-ethyl adjacent to an activating group) is 1. The summed E-state index contributed by atoms with van der Waals surface area (Å²) in [5, 5.41) is 6.19. The summed E-state index contributed by atoms with van der Waals surface area (Å²) < 4.78 is 10.9. The highest BCUT2D eigenvalue weighted by atomic mass is 16.5. The summed E-state index contributed by atoms with van der Waals surface area (Å²) in [7, 11) is 3.75. The second-order valence-corrected chi connectivity index (χ2v) is 6.16. The molecule has 6 nitrogen and oxygen atoms in total. The Bertz CT molecular complexity index is 504. The van der Waals surface area contributed by atoms with Crippen LogP contribution in [-0.2, 0) is 16.1 Å². The van der Waals surface area contributed by atoms with E-state index in [1.165, 1.54) is 0 Å². The van der Waals surface area contributed by atoms with Gasteiger partial charge >= 0.3 is 0 Å². The minimum Gasteiger partial charge on any atom is -0.492 e. The Balaban J connectivity index is 1.71. The van der Waals surface area contributed by atoms with Gasteiger partial charge in [0.05, 0.1) is 12.6 Å². The van der Waals surface area contributed by atoms with Crippen LogP contribution in [0.1, 0.15) is 18.4 Å². The fraction of sp³-hybridized carbons (Fsp3) is 0.611. The van der Waals surface area contributed by atoms with Crippen LogP contribution in [0.2, 0.25) is 0 Å². The van der Waals surface area contributed by atoms with Crippen LogP contribution in [0.5, 0.6) is 5.75 Å². The Morgan fingerprint density at radius 3 is 2.96 bits per heavy atom. The quantitative estimate of drug-likeness (QED) is 0.668. The molecule has 1 aliphatic heterocycles. The van der Waals surface area contributed by atoms with Gasteiger partial charge in [-0.2, -0.15) is 0 Å². The van der Waals surface area contributed by atoms with Gasteiger partial charge in [-0.1, -0.05) is 12.1 Å². The number of carbonyl (C=O) groups excluding carboxylic acids is 1. The minimum atomic E-state index is -0.0351. The van der Waals surface area contributed by atoms with Crippen LogP contribution in [-0.4, -0.2) is 63.9 Å². The molecule has 0 aromatic heterocycles. The van der Waals surface area contributed by atoms with E-state index in [1.54, 1.807) is 7.11 Å². The average molecular weight is 335 g/mol. The molecule has 1 heterocycles. The van der Waals surface area contributed by atoms with Crippen LogP contribution in [0.25, 0.3) is 0 Å². The largest absolute Gasteiger partial charge is 0.492 e. The van der Waals surface area contributed by atoms with Gasteiger partial charge in [0.1, 0.15) is 12.4 Å². The molecule has 134 valence electrons. The highest BCUT2D eigenvalue weighted by Crippen LogP contribution is 2.13. The number of nitrogens with one attached hydrogen (secondary N) is 2. The second-order valence-electron chi connectivity index (χ2n) is 6.16. The molecule has 0 saturated carbocycles. The maximum atomic E-state index is 12.0. The molecule has 0 bridgehead atoms. The number of rotatable bonds is 10. The number of methoxy groups -OCH3 is 1. The van der Waals surface area contributed by atoms with Crippen molar-refractivity contribution in [2.45, 2.75) is 25.4 Å². The number of nitrogens with zero attached hydrogens (tertiary/aromatic N) is 1. The summed E-state index contributed by atoms with van der Waals surface area (Å²) in [6.07, 6.45) is 1.99. The fourth-order valence-electron chi connectivity index (χ4n) is 2.64. The summed E-state index contributed by atoms with van der Waals surface area (Å²) >= 11 is 0. The third-order valence-corrected chi connectivity index (χ3v) is 4.16. The lowest BCUT2D eigenvalue weighted by Crippen LogP contribution is -2.39. The molecule has 2 rings (SSSR count). The van der Waals surface area contributed by atoms with Crippen molar-refractivity contribution in [2.75, 3.05) is 47.0 Å². The minimum absolute atomic E-state index is 0.0351. The summed E-state index contributed by atoms with van der Waals surface area (Å²) in [5.41, 5.74) is 1.05. The highest BCUT2D eigenvalue weighted by Gasteiger charge is 2.21. The van der Waals surface area contributed by atoms with E-state index >= 15 is 0 Å². The van der Waals surface area contributed by atoms with E-state index in [-0.39, 0.29) is 11.9 Å². The number of carbonyl (C=O) groups is 1. The molecule has 0 aliphatic carbocycles. The summed E-state index contributed by atoms with van der Waals surface area (Å²) in [6.45, 7) is 4.55. The molecule has 1 aromatic rings. The second kappa shape index (κ2) is 10.3. The van der Waals surface area contributed by atoms with Crippen LogP contribution in [0.4, 0.5) is 0 Å². The number of amides is 1. The predicted octanol–water partition coefficient (Wildman–Crippen LogP) is 1.01. The molecule has 1 saturated heterocycles. The molecule has 1 aliphatic rings. The Morgan fingerprint density at radius 1 is 1.38 bits per heavy atom. The van der Waals surface area contributed by atoms with Crippen molar-refractivity contribution in [3.63, 3.8) is 0 Å². The normalized spacial score (nSPS) is 17.2. The molecular formula is C18H29N3O3. The van der Waals surface area contributed by atoms with Gasteiger partial charge in [0.2, 0.25) is 5.91 Å². The lowest BCUT2D eigenvalue weighted by molar-refractivity contribution is -0.122. The van der Waals surface area contributed by atoms with Gasteiger partial charge < -0.3 is 25.0 Å². The van der Waals surface area contributed by atoms with Crippen LogP contribution in [0.3, 0.4) is 0 Å². The van der Waals surface area contributed by atoms with Gasteiger partial charge in [0, 0.05) is 26.7 Å². The molecule has 0 spiro atoms. The lowest BCUT2D eigenvalue weighted by Gasteiger charge is -2.16. The van der Waals surface area contributed by atoms with Crippen LogP contribution in [0.15, 0.2) is 24.3 Å². The standard InChI is InChI=1S/C18H29N3O3/c1-21(9-11-23-2)10-12-24-16-6-3-5-15(13-16)14-20-18(22)17-7-4-8-19-17/h3,5-6,13,17,19H,4,7-12,14H2,1-2H3,(H,20,22). The van der Waals surface area contributed by atoms with Crippen molar-refractivity contribution in [3.05, 3.63) is 29.8 Å². The SMILES string of the molecule is COCCN(C)CCOc1cccc(CNC(=O)C2CCCN2)c1. The number of benzene rings is 1. The van der Waals surface area contributed by atoms with E-state index < -0.39 is 0 Å². The van der Waals surface area contributed by atoms with E-state index in [4.69, 9.17) is 9.47 Å². The number of ether oxygens (including phenoxy) is 2. The van der Waals surface area contributed by atoms with Gasteiger partial charge in [0.15, 0.2) is 0 Å². The zero-order valence-electron chi connectivity index (χ0n) is 14.7. The van der Waals surface area contributed by atoms with Crippen molar-refractivity contribution in [1.82, 2.24) is 15.5 Å². The van der Waals surface area contributed by atoms with Gasteiger partial charge in [0.25, 0.3) is 0 Å². The summed E-state index contributed by atoms with van der Waals surface area (Å²) in [6, 6.07) is 7.85. The van der Waals surface area contributed by atoms with Crippen molar-refractivity contribution in [1.29, 1.82) is 0 Å². The molecular weight excluding hydrogens is 306 g/mol.